The van der Waals surface area contributed by atoms with E-state index in [1.807, 2.05) is 0 Å². The molecule has 3 rings (SSSR count). The highest BCUT2D eigenvalue weighted by Gasteiger charge is 2.21. The minimum absolute atomic E-state index is 0.175. The Labute approximate surface area is 113 Å². The number of nitrogens with one attached hydrogen (secondary N) is 2. The van der Waals surface area contributed by atoms with E-state index in [0.29, 0.717) is 27.8 Å². The van der Waals surface area contributed by atoms with E-state index < -0.39 is 0 Å². The number of thiocarbonyl (C=S) groups is 1. The van der Waals surface area contributed by atoms with Crippen LogP contribution in [0.2, 0.25) is 5.02 Å². The molecule has 0 aromatic heterocycles. The number of carbonyl (C=O) groups is 1. The molecule has 0 radical (unpaired) electrons. The van der Waals surface area contributed by atoms with E-state index in [9.17, 15) is 4.79 Å². The van der Waals surface area contributed by atoms with Crippen LogP contribution in [0.5, 0.6) is 11.5 Å². The van der Waals surface area contributed by atoms with Crippen LogP contribution in [-0.4, -0.2) is 17.8 Å². The van der Waals surface area contributed by atoms with Gasteiger partial charge in [0.1, 0.15) is 5.70 Å². The van der Waals surface area contributed by atoms with Crippen LogP contribution in [0, 0.1) is 0 Å². The molecule has 1 fully saturated rings. The van der Waals surface area contributed by atoms with Crippen molar-refractivity contribution in [2.75, 3.05) is 6.79 Å². The third-order valence-corrected chi connectivity index (χ3v) is 3.04. The van der Waals surface area contributed by atoms with Crippen molar-refractivity contribution < 1.29 is 14.3 Å². The van der Waals surface area contributed by atoms with E-state index in [2.05, 4.69) is 10.6 Å². The molecule has 5 nitrogen and oxygen atoms in total. The number of ether oxygens (including phenoxy) is 2. The number of hydrogen-bond donors (Lipinski definition) is 2. The van der Waals surface area contributed by atoms with Crippen LogP contribution in [0.3, 0.4) is 0 Å². The Morgan fingerprint density at radius 3 is 2.67 bits per heavy atom. The van der Waals surface area contributed by atoms with Crippen LogP contribution in [-0.2, 0) is 4.79 Å². The molecule has 1 aromatic rings. The number of amides is 1. The molecule has 2 N–H and O–H groups in total. The minimum Gasteiger partial charge on any atom is -0.454 e. The Hall–Kier alpha value is -1.79. The second-order valence-corrected chi connectivity index (χ2v) is 4.51. The molecule has 18 heavy (non-hydrogen) atoms. The fraction of sp³-hybridized carbons (Fsp3) is 0.0909. The molecule has 7 heteroatoms. The Morgan fingerprint density at radius 2 is 2.00 bits per heavy atom. The van der Waals surface area contributed by atoms with Gasteiger partial charge in [-0.3, -0.25) is 10.1 Å². The van der Waals surface area contributed by atoms with Crippen molar-refractivity contribution >= 4 is 40.9 Å². The summed E-state index contributed by atoms with van der Waals surface area (Å²) < 4.78 is 10.4. The van der Waals surface area contributed by atoms with Gasteiger partial charge in [-0.2, -0.15) is 0 Å². The van der Waals surface area contributed by atoms with E-state index >= 15 is 0 Å². The summed E-state index contributed by atoms with van der Waals surface area (Å²) in [5, 5.41) is 5.97. The van der Waals surface area contributed by atoms with Gasteiger partial charge in [0.2, 0.25) is 6.79 Å². The maximum atomic E-state index is 11.5. The third-order valence-electron chi connectivity index (χ3n) is 2.51. The molecule has 0 bridgehead atoms. The predicted molar refractivity (Wildman–Crippen MR) is 69.4 cm³/mol. The number of benzene rings is 1. The van der Waals surface area contributed by atoms with Crippen molar-refractivity contribution in [3.63, 3.8) is 0 Å². The molecule has 2 aliphatic heterocycles. The monoisotopic (exact) mass is 282 g/mol. The zero-order valence-corrected chi connectivity index (χ0v) is 10.5. The van der Waals surface area contributed by atoms with E-state index in [0.717, 1.165) is 0 Å². The van der Waals surface area contributed by atoms with Gasteiger partial charge in [0, 0.05) is 6.07 Å². The first kappa shape index (κ1) is 11.3. The van der Waals surface area contributed by atoms with Crippen LogP contribution in [0.25, 0.3) is 6.08 Å². The predicted octanol–water partition coefficient (Wildman–Crippen LogP) is 1.41. The van der Waals surface area contributed by atoms with Crippen molar-refractivity contribution in [3.05, 3.63) is 28.4 Å². The topological polar surface area (TPSA) is 59.6 Å². The van der Waals surface area contributed by atoms with Gasteiger partial charge in [0.15, 0.2) is 16.6 Å². The van der Waals surface area contributed by atoms with Gasteiger partial charge in [-0.25, -0.2) is 0 Å². The number of carbonyl (C=O) groups excluding carboxylic acids is 1. The van der Waals surface area contributed by atoms with Gasteiger partial charge in [0.25, 0.3) is 5.91 Å². The van der Waals surface area contributed by atoms with Gasteiger partial charge in [-0.15, -0.1) is 0 Å². The highest BCUT2D eigenvalue weighted by atomic mass is 35.5. The highest BCUT2D eigenvalue weighted by molar-refractivity contribution is 7.80. The summed E-state index contributed by atoms with van der Waals surface area (Å²) in [7, 11) is 0. The summed E-state index contributed by atoms with van der Waals surface area (Å²) in [4.78, 5) is 11.5. The lowest BCUT2D eigenvalue weighted by Crippen LogP contribution is -2.21. The Balaban J connectivity index is 2.00. The maximum Gasteiger partial charge on any atom is 0.273 e. The summed E-state index contributed by atoms with van der Waals surface area (Å²) >= 11 is 10.9. The van der Waals surface area contributed by atoms with E-state index in [-0.39, 0.29) is 17.8 Å². The summed E-state index contributed by atoms with van der Waals surface area (Å²) in [6.45, 7) is 0.175. The van der Waals surface area contributed by atoms with Crippen molar-refractivity contribution in [2.45, 2.75) is 0 Å². The fourth-order valence-corrected chi connectivity index (χ4v) is 2.09. The van der Waals surface area contributed by atoms with E-state index in [4.69, 9.17) is 33.3 Å². The number of halogens is 1. The van der Waals surface area contributed by atoms with Crippen LogP contribution in [0.1, 0.15) is 5.56 Å². The van der Waals surface area contributed by atoms with Crippen LogP contribution in [0.4, 0.5) is 0 Å². The average Bonchev–Trinajstić information content (AvgIpc) is 2.86. The van der Waals surface area contributed by atoms with Crippen molar-refractivity contribution in [2.24, 2.45) is 0 Å². The standard InChI is InChI=1S/C11H7ClN2O3S/c12-6-3-9-8(16-4-17-9)2-5(6)1-7-10(15)14-11(18)13-7/h1-3H,4H2,(H2,13,14,15,18). The van der Waals surface area contributed by atoms with Crippen molar-refractivity contribution in [1.82, 2.24) is 10.6 Å². The molecule has 0 spiro atoms. The second kappa shape index (κ2) is 4.15. The first-order valence-corrected chi connectivity index (χ1v) is 5.85. The second-order valence-electron chi connectivity index (χ2n) is 3.69. The SMILES string of the molecule is O=C1NC(=S)NC1=Cc1cc2c(cc1Cl)OCO2. The quantitative estimate of drug-likeness (QED) is 0.602. The Kier molecular flexibility index (Phi) is 2.61. The molecular formula is C11H7ClN2O3S. The first-order valence-electron chi connectivity index (χ1n) is 5.06. The lowest BCUT2D eigenvalue weighted by atomic mass is 10.1. The molecule has 0 atom stereocenters. The van der Waals surface area contributed by atoms with Crippen LogP contribution < -0.4 is 20.1 Å². The molecule has 92 valence electrons. The molecule has 1 saturated heterocycles. The van der Waals surface area contributed by atoms with Gasteiger partial charge in [-0.05, 0) is 29.9 Å². The van der Waals surface area contributed by atoms with E-state index in [1.54, 1.807) is 18.2 Å². The van der Waals surface area contributed by atoms with Gasteiger partial charge >= 0.3 is 0 Å². The molecule has 2 heterocycles. The minimum atomic E-state index is -0.284. The van der Waals surface area contributed by atoms with Crippen LogP contribution in [0.15, 0.2) is 17.8 Å². The maximum absolute atomic E-state index is 11.5. The first-order chi connectivity index (χ1) is 8.63. The van der Waals surface area contributed by atoms with Crippen molar-refractivity contribution in [3.8, 4) is 11.5 Å². The Bertz CT molecular complexity index is 600. The fourth-order valence-electron chi connectivity index (χ4n) is 1.68. The highest BCUT2D eigenvalue weighted by Crippen LogP contribution is 2.37. The molecule has 2 aliphatic rings. The molecule has 0 unspecified atom stereocenters. The van der Waals surface area contributed by atoms with Gasteiger partial charge in [0.05, 0.1) is 5.02 Å². The lowest BCUT2D eigenvalue weighted by Gasteiger charge is -2.02. The number of fused-ring (bicyclic) bond motifs is 1. The number of hydrogen-bond acceptors (Lipinski definition) is 4. The Morgan fingerprint density at radius 1 is 1.28 bits per heavy atom. The zero-order chi connectivity index (χ0) is 12.7. The normalized spacial score (nSPS) is 19.1. The van der Waals surface area contributed by atoms with Gasteiger partial charge < -0.3 is 14.8 Å². The van der Waals surface area contributed by atoms with E-state index in [1.165, 1.54) is 0 Å². The summed E-state index contributed by atoms with van der Waals surface area (Å²) in [6.07, 6.45) is 1.61. The average molecular weight is 283 g/mol. The van der Waals surface area contributed by atoms with Crippen LogP contribution >= 0.6 is 23.8 Å². The smallest absolute Gasteiger partial charge is 0.273 e. The summed E-state index contributed by atoms with van der Waals surface area (Å²) in [5.41, 5.74) is 1.00. The summed E-state index contributed by atoms with van der Waals surface area (Å²) in [5.74, 6) is 0.919. The van der Waals surface area contributed by atoms with Gasteiger partial charge in [-0.1, -0.05) is 11.6 Å². The molecule has 0 aliphatic carbocycles. The largest absolute Gasteiger partial charge is 0.454 e. The number of rotatable bonds is 1. The van der Waals surface area contributed by atoms with Crippen molar-refractivity contribution in [1.29, 1.82) is 0 Å². The third kappa shape index (κ3) is 1.89. The zero-order valence-electron chi connectivity index (χ0n) is 8.95. The molecular weight excluding hydrogens is 276 g/mol. The lowest BCUT2D eigenvalue weighted by molar-refractivity contribution is -0.115. The summed E-state index contributed by atoms with van der Waals surface area (Å²) in [6, 6.07) is 3.37. The molecule has 0 saturated carbocycles. The molecule has 1 aromatic carbocycles. The molecule has 1 amide bonds.